The van der Waals surface area contributed by atoms with Crippen molar-refractivity contribution >= 4 is 13.1 Å². The van der Waals surface area contributed by atoms with Crippen molar-refractivity contribution in [2.75, 3.05) is 39.5 Å². The lowest BCUT2D eigenvalue weighted by Crippen LogP contribution is -2.61. The molecule has 1 fully saturated rings. The summed E-state index contributed by atoms with van der Waals surface area (Å²) in [5.74, 6) is -1.69. The van der Waals surface area contributed by atoms with Gasteiger partial charge in [0.15, 0.2) is 0 Å². The van der Waals surface area contributed by atoms with E-state index in [2.05, 4.69) is 0 Å². The molecule has 0 radical (unpaired) electrons. The van der Waals surface area contributed by atoms with Crippen molar-refractivity contribution in [2.24, 2.45) is 5.73 Å². The van der Waals surface area contributed by atoms with Gasteiger partial charge in [0.2, 0.25) is 0 Å². The highest BCUT2D eigenvalue weighted by molar-refractivity contribution is 6.41. The number of nitrogens with zero attached hydrogens (tertiary/aromatic N) is 1. The number of aromatic hydroxyl groups is 1. The molecule has 0 aromatic heterocycles. The van der Waals surface area contributed by atoms with E-state index in [-0.39, 0.29) is 43.4 Å². The van der Waals surface area contributed by atoms with Crippen LogP contribution in [-0.4, -0.2) is 94.5 Å². The number of carboxylic acids is 1. The molecule has 0 unspecified atom stereocenters. The summed E-state index contributed by atoms with van der Waals surface area (Å²) in [6.07, 6.45) is -0.148. The molecule has 0 spiro atoms. The van der Waals surface area contributed by atoms with Crippen molar-refractivity contribution in [3.05, 3.63) is 23.3 Å². The Morgan fingerprint density at radius 3 is 2.66 bits per heavy atom. The van der Waals surface area contributed by atoms with E-state index in [0.717, 1.165) is 0 Å². The Morgan fingerprint density at radius 2 is 2.07 bits per heavy atom. The average Bonchev–Trinajstić information content (AvgIpc) is 2.58. The highest BCUT2D eigenvalue weighted by atomic mass is 16.5. The molecular weight excluding hydrogens is 383 g/mol. The van der Waals surface area contributed by atoms with Crippen LogP contribution in [0.25, 0.3) is 0 Å². The zero-order valence-electron chi connectivity index (χ0n) is 16.5. The molecule has 0 aliphatic carbocycles. The zero-order chi connectivity index (χ0) is 21.6. The smallest absolute Gasteiger partial charge is 0.451 e. The lowest BCUT2D eigenvalue weighted by molar-refractivity contribution is -0.0106. The predicted octanol–water partition coefficient (Wildman–Crippen LogP) is -1.10. The third-order valence-corrected chi connectivity index (χ3v) is 4.58. The first kappa shape index (κ1) is 23.4. The molecule has 0 saturated carbocycles. The monoisotopic (exact) mass is 412 g/mol. The number of hydrogen-bond donors (Lipinski definition) is 6. The average molecular weight is 412 g/mol. The number of rotatable bonds is 12. The normalized spacial score (nSPS) is 16.9. The van der Waals surface area contributed by atoms with Crippen molar-refractivity contribution in [3.8, 4) is 11.5 Å². The summed E-state index contributed by atoms with van der Waals surface area (Å²) in [6, 6.07) is 2.99. The van der Waals surface area contributed by atoms with E-state index < -0.39 is 24.4 Å². The molecule has 0 amide bonds. The fraction of sp³-hybridized carbons (Fsp3) is 0.611. The summed E-state index contributed by atoms with van der Waals surface area (Å²) in [5, 5.41) is 46.4. The minimum atomic E-state index is -1.54. The largest absolute Gasteiger partial charge is 0.507 e. The number of hydrogen-bond acceptors (Lipinski definition) is 9. The first-order chi connectivity index (χ1) is 13.6. The SMILES string of the molecule is C[C@](N)(COCCO)CN1CC(Oc2ccc(CCB(O)O)c(O)c2C(=O)O)C1. The molecular formula is C18H29BN2O8. The number of nitrogens with two attached hydrogens (primary N) is 1. The van der Waals surface area contributed by atoms with Crippen molar-refractivity contribution < 1.29 is 39.6 Å². The van der Waals surface area contributed by atoms with Crippen molar-refractivity contribution in [3.63, 3.8) is 0 Å². The van der Waals surface area contributed by atoms with Gasteiger partial charge in [0.05, 0.1) is 19.8 Å². The van der Waals surface area contributed by atoms with Gasteiger partial charge in [-0.05, 0) is 31.3 Å². The zero-order valence-corrected chi connectivity index (χ0v) is 16.5. The van der Waals surface area contributed by atoms with E-state index >= 15 is 0 Å². The van der Waals surface area contributed by atoms with Crippen LogP contribution >= 0.6 is 0 Å². The molecule has 1 aliphatic rings. The van der Waals surface area contributed by atoms with Crippen LogP contribution in [0, 0.1) is 0 Å². The number of aromatic carboxylic acids is 1. The number of likely N-dealkylation sites (tertiary alicyclic amines) is 1. The second kappa shape index (κ2) is 10.2. The van der Waals surface area contributed by atoms with Gasteiger partial charge in [0, 0.05) is 25.2 Å². The maximum Gasteiger partial charge on any atom is 0.451 e. The summed E-state index contributed by atoms with van der Waals surface area (Å²) in [7, 11) is -1.54. The highest BCUT2D eigenvalue weighted by Crippen LogP contribution is 2.34. The second-order valence-electron chi connectivity index (χ2n) is 7.64. The van der Waals surface area contributed by atoms with Crippen LogP contribution in [0.2, 0.25) is 6.32 Å². The van der Waals surface area contributed by atoms with E-state index in [1.165, 1.54) is 12.1 Å². The van der Waals surface area contributed by atoms with Gasteiger partial charge in [0.25, 0.3) is 0 Å². The van der Waals surface area contributed by atoms with Crippen molar-refractivity contribution in [2.45, 2.75) is 31.3 Å². The number of phenols is 1. The Balaban J connectivity index is 1.94. The molecule has 0 bridgehead atoms. The van der Waals surface area contributed by atoms with Gasteiger partial charge >= 0.3 is 13.1 Å². The third-order valence-electron chi connectivity index (χ3n) is 4.58. The number of ether oxygens (including phenoxy) is 2. The summed E-state index contributed by atoms with van der Waals surface area (Å²) >= 11 is 0. The van der Waals surface area contributed by atoms with Crippen LogP contribution in [0.15, 0.2) is 12.1 Å². The molecule has 1 atom stereocenters. The maximum atomic E-state index is 11.6. The lowest BCUT2D eigenvalue weighted by atomic mass is 9.82. The molecule has 1 saturated heterocycles. The topological polar surface area (TPSA) is 166 Å². The fourth-order valence-electron chi connectivity index (χ4n) is 3.24. The maximum absolute atomic E-state index is 11.6. The van der Waals surface area contributed by atoms with Crippen LogP contribution in [-0.2, 0) is 11.2 Å². The first-order valence-electron chi connectivity index (χ1n) is 9.43. The van der Waals surface area contributed by atoms with Gasteiger partial charge in [-0.2, -0.15) is 0 Å². The molecule has 10 nitrogen and oxygen atoms in total. The molecule has 11 heteroatoms. The van der Waals surface area contributed by atoms with Gasteiger partial charge in [-0.15, -0.1) is 0 Å². The molecule has 29 heavy (non-hydrogen) atoms. The van der Waals surface area contributed by atoms with Crippen molar-refractivity contribution in [1.82, 2.24) is 4.90 Å². The van der Waals surface area contributed by atoms with Crippen LogP contribution in [0.5, 0.6) is 11.5 Å². The Morgan fingerprint density at radius 1 is 1.38 bits per heavy atom. The molecule has 1 aromatic carbocycles. The van der Waals surface area contributed by atoms with Gasteiger partial charge in [0.1, 0.15) is 23.2 Å². The van der Waals surface area contributed by atoms with Crippen LogP contribution in [0.1, 0.15) is 22.8 Å². The Bertz CT molecular complexity index is 695. The third kappa shape index (κ3) is 6.84. The predicted molar refractivity (Wildman–Crippen MR) is 105 cm³/mol. The number of aliphatic hydroxyl groups excluding tert-OH is 1. The molecule has 1 aliphatic heterocycles. The Labute approximate surface area is 169 Å². The minimum absolute atomic E-state index is 0.0235. The summed E-state index contributed by atoms with van der Waals surface area (Å²) < 4.78 is 11.0. The molecule has 1 aromatic rings. The summed E-state index contributed by atoms with van der Waals surface area (Å²) in [4.78, 5) is 13.6. The summed E-state index contributed by atoms with van der Waals surface area (Å²) in [6.45, 7) is 3.97. The van der Waals surface area contributed by atoms with Crippen LogP contribution in [0.3, 0.4) is 0 Å². The second-order valence-corrected chi connectivity index (χ2v) is 7.64. The molecule has 2 rings (SSSR count). The Hall–Kier alpha value is -1.89. The van der Waals surface area contributed by atoms with Gasteiger partial charge in [-0.1, -0.05) is 6.07 Å². The summed E-state index contributed by atoms with van der Waals surface area (Å²) in [5.41, 5.74) is 5.55. The number of benzene rings is 1. The molecule has 7 N–H and O–H groups in total. The fourth-order valence-corrected chi connectivity index (χ4v) is 3.24. The van der Waals surface area contributed by atoms with Gasteiger partial charge < -0.3 is 40.6 Å². The number of aliphatic hydroxyl groups is 1. The van der Waals surface area contributed by atoms with Gasteiger partial charge in [-0.3, -0.25) is 4.90 Å². The van der Waals surface area contributed by atoms with Gasteiger partial charge in [-0.25, -0.2) is 4.79 Å². The van der Waals surface area contributed by atoms with E-state index in [1.807, 2.05) is 11.8 Å². The van der Waals surface area contributed by atoms with E-state index in [9.17, 15) is 15.0 Å². The van der Waals surface area contributed by atoms with E-state index in [1.54, 1.807) is 0 Å². The van der Waals surface area contributed by atoms with E-state index in [0.29, 0.717) is 31.8 Å². The standard InChI is InChI=1S/C18H29BN2O8/c1-18(20,11-28-7-6-22)10-21-8-13(9-21)29-14-3-2-12(4-5-19(26)27)16(23)15(14)17(24)25/h2-3,13,22-23,26-27H,4-11,20H2,1H3,(H,24,25)/t18-/m1/s1. The minimum Gasteiger partial charge on any atom is -0.507 e. The lowest BCUT2D eigenvalue weighted by Gasteiger charge is -2.43. The highest BCUT2D eigenvalue weighted by Gasteiger charge is 2.34. The van der Waals surface area contributed by atoms with Crippen LogP contribution in [0.4, 0.5) is 0 Å². The molecule has 162 valence electrons. The van der Waals surface area contributed by atoms with Crippen LogP contribution < -0.4 is 10.5 Å². The molecule has 1 heterocycles. The van der Waals surface area contributed by atoms with E-state index in [4.69, 9.17) is 30.4 Å². The number of aryl methyl sites for hydroxylation is 1. The number of carboxylic acid groups (broad SMARTS) is 1. The number of carbonyl (C=O) groups is 1. The first-order valence-corrected chi connectivity index (χ1v) is 9.43. The Kier molecular flexibility index (Phi) is 8.26. The quantitative estimate of drug-likeness (QED) is 0.183. The van der Waals surface area contributed by atoms with Crippen molar-refractivity contribution in [1.29, 1.82) is 0 Å².